The normalized spacial score (nSPS) is 12.8. The summed E-state index contributed by atoms with van der Waals surface area (Å²) in [5.41, 5.74) is 1.40. The van der Waals surface area contributed by atoms with Crippen molar-refractivity contribution in [1.29, 1.82) is 0 Å². The van der Waals surface area contributed by atoms with Gasteiger partial charge in [0.15, 0.2) is 0 Å². The minimum Gasteiger partial charge on any atom is -0.352 e. The van der Waals surface area contributed by atoms with Gasteiger partial charge in [0, 0.05) is 23.4 Å². The Morgan fingerprint density at radius 1 is 1.17 bits per heavy atom. The average molecular weight is 451 g/mol. The Hall–Kier alpha value is -2.05. The third-order valence-electron chi connectivity index (χ3n) is 4.85. The number of hydrogen-bond donors (Lipinski definition) is 1. The van der Waals surface area contributed by atoms with Gasteiger partial charge >= 0.3 is 0 Å². The predicted molar refractivity (Wildman–Crippen MR) is 122 cm³/mol. The molecule has 0 aliphatic carbocycles. The molecular formula is C23H28ClFN2O2S. The Kier molecular flexibility index (Phi) is 9.66. The third-order valence-corrected chi connectivity index (χ3v) is 6.05. The summed E-state index contributed by atoms with van der Waals surface area (Å²) in [7, 11) is 0. The third kappa shape index (κ3) is 7.33. The fourth-order valence-electron chi connectivity index (χ4n) is 2.83. The number of nitrogens with zero attached hydrogens (tertiary/aromatic N) is 1. The van der Waals surface area contributed by atoms with Crippen molar-refractivity contribution < 1.29 is 14.0 Å². The van der Waals surface area contributed by atoms with Crippen molar-refractivity contribution in [2.24, 2.45) is 0 Å². The maximum Gasteiger partial charge on any atom is 0.242 e. The van der Waals surface area contributed by atoms with Crippen LogP contribution in [0.3, 0.4) is 0 Å². The smallest absolute Gasteiger partial charge is 0.242 e. The number of amides is 2. The van der Waals surface area contributed by atoms with Crippen LogP contribution in [0.15, 0.2) is 48.5 Å². The average Bonchev–Trinajstić information content (AvgIpc) is 2.72. The van der Waals surface area contributed by atoms with Crippen LogP contribution in [0.5, 0.6) is 0 Å². The summed E-state index contributed by atoms with van der Waals surface area (Å²) >= 11 is 7.41. The van der Waals surface area contributed by atoms with Crippen LogP contribution >= 0.6 is 23.4 Å². The summed E-state index contributed by atoms with van der Waals surface area (Å²) in [5.74, 6) is -0.122. The highest BCUT2D eigenvalue weighted by atomic mass is 35.5. The van der Waals surface area contributed by atoms with Gasteiger partial charge in [-0.1, -0.05) is 48.9 Å². The van der Waals surface area contributed by atoms with Crippen molar-refractivity contribution in [2.45, 2.75) is 51.6 Å². The van der Waals surface area contributed by atoms with Crippen molar-refractivity contribution >= 4 is 35.2 Å². The van der Waals surface area contributed by atoms with E-state index in [1.165, 1.54) is 17.8 Å². The van der Waals surface area contributed by atoms with Gasteiger partial charge in [0.2, 0.25) is 11.8 Å². The van der Waals surface area contributed by atoms with E-state index in [1.807, 2.05) is 26.0 Å². The molecule has 1 N–H and O–H groups in total. The van der Waals surface area contributed by atoms with Crippen molar-refractivity contribution in [3.05, 3.63) is 70.5 Å². The summed E-state index contributed by atoms with van der Waals surface area (Å²) in [6, 6.07) is 13.1. The van der Waals surface area contributed by atoms with Crippen LogP contribution in [0.25, 0.3) is 0 Å². The minimum atomic E-state index is -0.639. The molecule has 0 aromatic heterocycles. The first-order chi connectivity index (χ1) is 14.3. The van der Waals surface area contributed by atoms with Crippen LogP contribution in [0.1, 0.15) is 38.3 Å². The highest BCUT2D eigenvalue weighted by Gasteiger charge is 2.26. The molecule has 162 valence electrons. The van der Waals surface area contributed by atoms with Crippen LogP contribution in [0.2, 0.25) is 5.02 Å². The molecule has 2 aromatic carbocycles. The first kappa shape index (κ1) is 24.2. The van der Waals surface area contributed by atoms with Crippen LogP contribution in [0.4, 0.5) is 4.39 Å². The van der Waals surface area contributed by atoms with Gasteiger partial charge in [0.05, 0.1) is 5.75 Å². The maximum atomic E-state index is 13.8. The number of rotatable bonds is 10. The molecule has 2 rings (SSSR count). The lowest BCUT2D eigenvalue weighted by Gasteiger charge is -2.29. The first-order valence-electron chi connectivity index (χ1n) is 9.97. The molecule has 0 bridgehead atoms. The Labute approximate surface area is 187 Å². The number of carbonyl (C=O) groups excluding carboxylic acids is 2. The molecule has 2 atom stereocenters. The molecule has 0 spiro atoms. The van der Waals surface area contributed by atoms with Crippen LogP contribution in [-0.4, -0.2) is 34.6 Å². The minimum absolute atomic E-state index is 0.0264. The van der Waals surface area contributed by atoms with E-state index in [0.717, 1.165) is 12.0 Å². The summed E-state index contributed by atoms with van der Waals surface area (Å²) in [4.78, 5) is 27.2. The topological polar surface area (TPSA) is 49.4 Å². The van der Waals surface area contributed by atoms with Gasteiger partial charge < -0.3 is 10.2 Å². The summed E-state index contributed by atoms with van der Waals surface area (Å²) in [6.45, 7) is 5.91. The molecule has 0 saturated carbocycles. The molecule has 0 heterocycles. The second kappa shape index (κ2) is 12.0. The lowest BCUT2D eigenvalue weighted by atomic mass is 10.1. The van der Waals surface area contributed by atoms with E-state index < -0.39 is 6.04 Å². The molecular weight excluding hydrogens is 423 g/mol. The van der Waals surface area contributed by atoms with Gasteiger partial charge in [-0.3, -0.25) is 9.59 Å². The van der Waals surface area contributed by atoms with Gasteiger partial charge in [-0.05, 0) is 49.6 Å². The highest BCUT2D eigenvalue weighted by molar-refractivity contribution is 7.99. The Bertz CT molecular complexity index is 865. The number of carbonyl (C=O) groups is 2. The van der Waals surface area contributed by atoms with Gasteiger partial charge in [-0.25, -0.2) is 4.39 Å². The number of benzene rings is 2. The molecule has 0 aliphatic heterocycles. The van der Waals surface area contributed by atoms with E-state index in [-0.39, 0.29) is 36.0 Å². The Balaban J connectivity index is 2.09. The molecule has 4 nitrogen and oxygen atoms in total. The number of thioether (sulfide) groups is 1. The summed E-state index contributed by atoms with van der Waals surface area (Å²) in [6.07, 6.45) is 0.805. The van der Waals surface area contributed by atoms with Gasteiger partial charge in [0.25, 0.3) is 0 Å². The summed E-state index contributed by atoms with van der Waals surface area (Å²) in [5, 5.41) is 3.51. The van der Waals surface area contributed by atoms with Gasteiger partial charge in [0.1, 0.15) is 11.9 Å². The van der Waals surface area contributed by atoms with Crippen molar-refractivity contribution in [1.82, 2.24) is 10.2 Å². The second-order valence-electron chi connectivity index (χ2n) is 7.23. The van der Waals surface area contributed by atoms with Crippen LogP contribution in [-0.2, 0) is 21.9 Å². The zero-order chi connectivity index (χ0) is 22.1. The molecule has 0 fully saturated rings. The lowest BCUT2D eigenvalue weighted by molar-refractivity contribution is -0.138. The fraction of sp³-hybridized carbons (Fsp3) is 0.391. The maximum absolute atomic E-state index is 13.8. The number of nitrogens with one attached hydrogen (secondary N) is 1. The Morgan fingerprint density at radius 2 is 1.90 bits per heavy atom. The van der Waals surface area contributed by atoms with E-state index in [2.05, 4.69) is 5.32 Å². The predicted octanol–water partition coefficient (Wildman–Crippen LogP) is 5.04. The first-order valence-corrected chi connectivity index (χ1v) is 11.5. The van der Waals surface area contributed by atoms with E-state index in [0.29, 0.717) is 16.3 Å². The number of halogens is 2. The van der Waals surface area contributed by atoms with Gasteiger partial charge in [-0.15, -0.1) is 11.8 Å². The van der Waals surface area contributed by atoms with E-state index in [4.69, 9.17) is 11.6 Å². The molecule has 7 heteroatoms. The van der Waals surface area contributed by atoms with E-state index >= 15 is 0 Å². The van der Waals surface area contributed by atoms with Crippen molar-refractivity contribution in [3.8, 4) is 0 Å². The quantitative estimate of drug-likeness (QED) is 0.551. The molecule has 0 unspecified atom stereocenters. The largest absolute Gasteiger partial charge is 0.352 e. The molecule has 0 aliphatic rings. The molecule has 0 saturated heterocycles. The fourth-order valence-corrected chi connectivity index (χ4v) is 3.94. The molecule has 2 amide bonds. The van der Waals surface area contributed by atoms with Crippen molar-refractivity contribution in [2.75, 3.05) is 5.75 Å². The van der Waals surface area contributed by atoms with Gasteiger partial charge in [-0.2, -0.15) is 0 Å². The van der Waals surface area contributed by atoms with E-state index in [1.54, 1.807) is 42.2 Å². The molecule has 0 radical (unpaired) electrons. The standard InChI is InChI=1S/C23H28ClFN2O2S/c1-4-16(2)26-23(29)17(3)27(13-18-8-7-10-20(24)12-18)22(28)15-30-14-19-9-5-6-11-21(19)25/h5-12,16-17H,4,13-15H2,1-3H3,(H,26,29)/t16-,17-/m0/s1. The van der Waals surface area contributed by atoms with Crippen LogP contribution < -0.4 is 5.32 Å². The van der Waals surface area contributed by atoms with Crippen LogP contribution in [0, 0.1) is 5.82 Å². The highest BCUT2D eigenvalue weighted by Crippen LogP contribution is 2.19. The summed E-state index contributed by atoms with van der Waals surface area (Å²) < 4.78 is 13.8. The lowest BCUT2D eigenvalue weighted by Crippen LogP contribution is -2.50. The monoisotopic (exact) mass is 450 g/mol. The Morgan fingerprint density at radius 3 is 2.57 bits per heavy atom. The zero-order valence-corrected chi connectivity index (χ0v) is 19.1. The SMILES string of the molecule is CC[C@H](C)NC(=O)[C@H](C)N(Cc1cccc(Cl)c1)C(=O)CSCc1ccccc1F. The molecule has 30 heavy (non-hydrogen) atoms. The van der Waals surface area contributed by atoms with Crippen molar-refractivity contribution in [3.63, 3.8) is 0 Å². The zero-order valence-electron chi connectivity index (χ0n) is 17.5. The molecule has 2 aromatic rings. The number of hydrogen-bond acceptors (Lipinski definition) is 3. The van der Waals surface area contributed by atoms with E-state index in [9.17, 15) is 14.0 Å². The second-order valence-corrected chi connectivity index (χ2v) is 8.65.